The lowest BCUT2D eigenvalue weighted by Gasteiger charge is -1.98. The molecule has 0 aliphatic heterocycles. The van der Waals surface area contributed by atoms with Crippen molar-refractivity contribution < 1.29 is 9.59 Å². The number of hydrogen-bond acceptors (Lipinski definition) is 3. The van der Waals surface area contributed by atoms with Crippen LogP contribution in [0.2, 0.25) is 0 Å². The van der Waals surface area contributed by atoms with Crippen LogP contribution in [0.15, 0.2) is 36.5 Å². The Hall–Kier alpha value is -2.23. The van der Waals surface area contributed by atoms with E-state index in [1.165, 1.54) is 13.8 Å². The first kappa shape index (κ1) is 11.3. The molecule has 17 heavy (non-hydrogen) atoms. The summed E-state index contributed by atoms with van der Waals surface area (Å²) in [6.45, 7) is 2.84. The van der Waals surface area contributed by atoms with Crippen LogP contribution in [0.4, 0.5) is 0 Å². The van der Waals surface area contributed by atoms with Gasteiger partial charge in [0.2, 0.25) is 0 Å². The molecule has 0 saturated heterocycles. The van der Waals surface area contributed by atoms with Crippen LogP contribution in [0, 0.1) is 0 Å². The Balaban J connectivity index is 2.55. The van der Waals surface area contributed by atoms with E-state index in [9.17, 15) is 9.59 Å². The fourth-order valence-corrected chi connectivity index (χ4v) is 1.60. The van der Waals surface area contributed by atoms with Crippen LogP contribution in [0.3, 0.4) is 0 Å². The lowest BCUT2D eigenvalue weighted by molar-refractivity contribution is 0.0978. The molecular formula is C13H12N2O2. The van der Waals surface area contributed by atoms with Crippen LogP contribution < -0.4 is 0 Å². The Bertz CT molecular complexity index is 539. The molecule has 0 atom stereocenters. The Labute approximate surface area is 98.9 Å². The van der Waals surface area contributed by atoms with Crippen molar-refractivity contribution in [3.63, 3.8) is 0 Å². The highest BCUT2D eigenvalue weighted by atomic mass is 16.1. The van der Waals surface area contributed by atoms with Gasteiger partial charge in [-0.15, -0.1) is 0 Å². The zero-order valence-corrected chi connectivity index (χ0v) is 9.68. The third-order valence-electron chi connectivity index (χ3n) is 2.45. The van der Waals surface area contributed by atoms with Gasteiger partial charge >= 0.3 is 0 Å². The van der Waals surface area contributed by atoms with Gasteiger partial charge in [0.15, 0.2) is 11.6 Å². The third kappa shape index (κ3) is 2.15. The van der Waals surface area contributed by atoms with Crippen molar-refractivity contribution in [2.24, 2.45) is 0 Å². The van der Waals surface area contributed by atoms with Gasteiger partial charge in [-0.2, -0.15) is 5.10 Å². The van der Waals surface area contributed by atoms with E-state index in [0.717, 1.165) is 5.69 Å². The topological polar surface area (TPSA) is 52.0 Å². The average molecular weight is 228 g/mol. The zero-order valence-electron chi connectivity index (χ0n) is 9.68. The molecule has 0 fully saturated rings. The van der Waals surface area contributed by atoms with E-state index >= 15 is 0 Å². The minimum absolute atomic E-state index is 0.155. The maximum absolute atomic E-state index is 11.4. The maximum Gasteiger partial charge on any atom is 0.180 e. The zero-order chi connectivity index (χ0) is 12.4. The molecule has 0 aliphatic carbocycles. The van der Waals surface area contributed by atoms with E-state index in [2.05, 4.69) is 5.10 Å². The second kappa shape index (κ2) is 4.33. The molecule has 0 bridgehead atoms. The number of para-hydroxylation sites is 1. The quantitative estimate of drug-likeness (QED) is 0.757. The number of benzene rings is 1. The minimum atomic E-state index is -0.204. The van der Waals surface area contributed by atoms with Gasteiger partial charge in [0.25, 0.3) is 0 Å². The van der Waals surface area contributed by atoms with Gasteiger partial charge in [0.05, 0.1) is 11.3 Å². The minimum Gasteiger partial charge on any atom is -0.294 e. The Morgan fingerprint density at radius 2 is 1.71 bits per heavy atom. The highest BCUT2D eigenvalue weighted by Crippen LogP contribution is 2.13. The summed E-state index contributed by atoms with van der Waals surface area (Å²) < 4.78 is 1.55. The SMILES string of the molecule is CC(=O)c1cn(-c2ccccc2)nc1C(C)=O. The first-order valence-corrected chi connectivity index (χ1v) is 5.26. The van der Waals surface area contributed by atoms with E-state index < -0.39 is 0 Å². The highest BCUT2D eigenvalue weighted by molar-refractivity contribution is 6.05. The van der Waals surface area contributed by atoms with Crippen LogP contribution >= 0.6 is 0 Å². The molecule has 2 rings (SSSR count). The van der Waals surface area contributed by atoms with Crippen LogP contribution in [0.5, 0.6) is 0 Å². The van der Waals surface area contributed by atoms with Crippen molar-refractivity contribution in [3.05, 3.63) is 47.8 Å². The number of rotatable bonds is 3. The molecule has 0 amide bonds. The molecule has 2 aromatic rings. The Morgan fingerprint density at radius 1 is 1.06 bits per heavy atom. The molecule has 0 N–H and O–H groups in total. The van der Waals surface area contributed by atoms with Crippen LogP contribution in [0.25, 0.3) is 5.69 Å². The van der Waals surface area contributed by atoms with Crippen molar-refractivity contribution in [2.45, 2.75) is 13.8 Å². The lowest BCUT2D eigenvalue weighted by Crippen LogP contribution is -2.02. The molecule has 1 aromatic carbocycles. The third-order valence-corrected chi connectivity index (χ3v) is 2.45. The maximum atomic E-state index is 11.4. The second-order valence-corrected chi connectivity index (χ2v) is 3.78. The molecule has 0 aliphatic rings. The van der Waals surface area contributed by atoms with E-state index in [-0.39, 0.29) is 17.3 Å². The molecule has 0 saturated carbocycles. The number of hydrogen-bond donors (Lipinski definition) is 0. The van der Waals surface area contributed by atoms with Crippen molar-refractivity contribution >= 4 is 11.6 Å². The summed E-state index contributed by atoms with van der Waals surface area (Å²) in [6.07, 6.45) is 1.59. The smallest absolute Gasteiger partial charge is 0.180 e. The first-order chi connectivity index (χ1) is 8.09. The van der Waals surface area contributed by atoms with E-state index in [1.54, 1.807) is 10.9 Å². The van der Waals surface area contributed by atoms with Crippen LogP contribution in [-0.4, -0.2) is 21.3 Å². The summed E-state index contributed by atoms with van der Waals surface area (Å²) in [7, 11) is 0. The summed E-state index contributed by atoms with van der Waals surface area (Å²) in [4.78, 5) is 22.8. The van der Waals surface area contributed by atoms with Gasteiger partial charge in [-0.1, -0.05) is 18.2 Å². The van der Waals surface area contributed by atoms with Gasteiger partial charge in [-0.25, -0.2) is 4.68 Å². The standard InChI is InChI=1S/C13H12N2O2/c1-9(16)12-8-15(14-13(12)10(2)17)11-6-4-3-5-7-11/h3-8H,1-2H3. The highest BCUT2D eigenvalue weighted by Gasteiger charge is 2.16. The Morgan fingerprint density at radius 3 is 2.18 bits per heavy atom. The summed E-state index contributed by atoms with van der Waals surface area (Å²) in [5, 5.41) is 4.15. The van der Waals surface area contributed by atoms with Gasteiger partial charge < -0.3 is 0 Å². The first-order valence-electron chi connectivity index (χ1n) is 5.26. The largest absolute Gasteiger partial charge is 0.294 e. The molecule has 1 aromatic heterocycles. The summed E-state index contributed by atoms with van der Waals surface area (Å²) in [5.41, 5.74) is 1.41. The number of nitrogens with zero attached hydrogens (tertiary/aromatic N) is 2. The average Bonchev–Trinajstić information content (AvgIpc) is 2.75. The van der Waals surface area contributed by atoms with Crippen LogP contribution in [-0.2, 0) is 0 Å². The predicted molar refractivity (Wildman–Crippen MR) is 63.6 cm³/mol. The van der Waals surface area contributed by atoms with Crippen molar-refractivity contribution in [1.29, 1.82) is 0 Å². The fraction of sp³-hybridized carbons (Fsp3) is 0.154. The summed E-state index contributed by atoms with van der Waals surface area (Å²) >= 11 is 0. The number of carbonyl (C=O) groups excluding carboxylic acids is 2. The van der Waals surface area contributed by atoms with E-state index in [1.807, 2.05) is 30.3 Å². The molecule has 0 radical (unpaired) electrons. The molecule has 1 heterocycles. The van der Waals surface area contributed by atoms with Gasteiger partial charge in [0, 0.05) is 13.1 Å². The lowest BCUT2D eigenvalue weighted by atomic mass is 10.1. The molecule has 0 unspecified atom stereocenters. The molecular weight excluding hydrogens is 216 g/mol. The fourth-order valence-electron chi connectivity index (χ4n) is 1.60. The number of Topliss-reactive ketones (excluding diaryl/α,β-unsaturated/α-hetero) is 2. The van der Waals surface area contributed by atoms with Gasteiger partial charge in [-0.05, 0) is 19.1 Å². The molecule has 0 spiro atoms. The van der Waals surface area contributed by atoms with Crippen molar-refractivity contribution in [3.8, 4) is 5.69 Å². The van der Waals surface area contributed by atoms with Gasteiger partial charge in [-0.3, -0.25) is 9.59 Å². The molecule has 86 valence electrons. The monoisotopic (exact) mass is 228 g/mol. The van der Waals surface area contributed by atoms with Crippen molar-refractivity contribution in [1.82, 2.24) is 9.78 Å². The Kier molecular flexibility index (Phi) is 2.87. The second-order valence-electron chi connectivity index (χ2n) is 3.78. The van der Waals surface area contributed by atoms with Crippen LogP contribution in [0.1, 0.15) is 34.7 Å². The molecule has 4 nitrogen and oxygen atoms in total. The number of ketones is 2. The number of carbonyl (C=O) groups is 2. The van der Waals surface area contributed by atoms with E-state index in [4.69, 9.17) is 0 Å². The normalized spacial score (nSPS) is 10.2. The predicted octanol–water partition coefficient (Wildman–Crippen LogP) is 2.28. The number of aromatic nitrogens is 2. The van der Waals surface area contributed by atoms with E-state index in [0.29, 0.717) is 5.56 Å². The molecule has 4 heteroatoms. The summed E-state index contributed by atoms with van der Waals surface area (Å²) in [6, 6.07) is 9.36. The van der Waals surface area contributed by atoms with Gasteiger partial charge in [0.1, 0.15) is 5.69 Å². The van der Waals surface area contributed by atoms with Crippen molar-refractivity contribution in [2.75, 3.05) is 0 Å². The summed E-state index contributed by atoms with van der Waals surface area (Å²) in [5.74, 6) is -0.359.